The van der Waals surface area contributed by atoms with E-state index in [1.807, 2.05) is 6.07 Å². The third-order valence-corrected chi connectivity index (χ3v) is 6.90. The molecule has 1 amide bonds. The third kappa shape index (κ3) is 5.90. The van der Waals surface area contributed by atoms with Gasteiger partial charge in [0.05, 0.1) is 16.3 Å². The highest BCUT2D eigenvalue weighted by Gasteiger charge is 2.22. The number of rotatable bonds is 8. The number of hydrogen-bond acceptors (Lipinski definition) is 5. The van der Waals surface area contributed by atoms with E-state index in [-0.39, 0.29) is 10.8 Å². The summed E-state index contributed by atoms with van der Waals surface area (Å²) in [6.45, 7) is 5.84. The molecule has 3 rings (SSSR count). The van der Waals surface area contributed by atoms with Crippen molar-refractivity contribution in [3.8, 4) is 0 Å². The maximum absolute atomic E-state index is 13.0. The molecule has 9 heteroatoms. The number of halogens is 1. The summed E-state index contributed by atoms with van der Waals surface area (Å²) in [4.78, 5) is 16.8. The largest absolute Gasteiger partial charge is 0.367 e. The maximum atomic E-state index is 13.0. The Kier molecular flexibility index (Phi) is 7.80. The number of amides is 1. The van der Waals surface area contributed by atoms with Crippen LogP contribution in [0, 0.1) is 0 Å². The van der Waals surface area contributed by atoms with Gasteiger partial charge in [-0.05, 0) is 48.9 Å². The monoisotopic (exact) mass is 464 g/mol. The van der Waals surface area contributed by atoms with Crippen molar-refractivity contribution < 1.29 is 13.2 Å². The second-order valence-electron chi connectivity index (χ2n) is 7.61. The van der Waals surface area contributed by atoms with Gasteiger partial charge in [0.15, 0.2) is 0 Å². The molecule has 2 aromatic carbocycles. The number of hydrogen-bond donors (Lipinski definition) is 2. The third-order valence-electron chi connectivity index (χ3n) is 5.26. The van der Waals surface area contributed by atoms with Crippen LogP contribution in [0.2, 0.25) is 5.02 Å². The highest BCUT2D eigenvalue weighted by molar-refractivity contribution is 7.92. The first-order valence-electron chi connectivity index (χ1n) is 10.5. The Labute approximate surface area is 189 Å². The lowest BCUT2D eigenvalue weighted by molar-refractivity contribution is 0.0793. The second-order valence-corrected chi connectivity index (χ2v) is 9.73. The van der Waals surface area contributed by atoms with Crippen molar-refractivity contribution in [2.24, 2.45) is 0 Å². The van der Waals surface area contributed by atoms with Crippen LogP contribution >= 0.6 is 11.6 Å². The van der Waals surface area contributed by atoms with Gasteiger partial charge in [-0.3, -0.25) is 9.52 Å². The van der Waals surface area contributed by atoms with E-state index in [9.17, 15) is 13.2 Å². The molecule has 0 saturated carbocycles. The number of carbonyl (C=O) groups excluding carboxylic acids is 1. The van der Waals surface area contributed by atoms with Gasteiger partial charge < -0.3 is 15.1 Å². The maximum Gasteiger partial charge on any atom is 0.261 e. The van der Waals surface area contributed by atoms with Crippen LogP contribution in [0.15, 0.2) is 47.4 Å². The average Bonchev–Trinajstić information content (AvgIpc) is 2.77. The topological polar surface area (TPSA) is 81.8 Å². The minimum Gasteiger partial charge on any atom is -0.367 e. The standard InChI is InChI=1S/C22H29ClN4O3S/c1-3-4-13-26(2)22(28)17-5-10-21(27-14-11-24-12-15-27)20(16-17)25-31(29,30)19-8-6-18(23)7-9-19/h5-10,16,24-25H,3-4,11-15H2,1-2H3. The Hall–Kier alpha value is -2.29. The van der Waals surface area contributed by atoms with E-state index in [4.69, 9.17) is 11.6 Å². The van der Waals surface area contributed by atoms with Crippen molar-refractivity contribution in [1.82, 2.24) is 10.2 Å². The van der Waals surface area contributed by atoms with Gasteiger partial charge in [0.1, 0.15) is 0 Å². The molecule has 1 aliphatic rings. The van der Waals surface area contributed by atoms with Crippen LogP contribution in [-0.2, 0) is 10.0 Å². The van der Waals surface area contributed by atoms with E-state index in [1.54, 1.807) is 24.1 Å². The molecule has 0 aromatic heterocycles. The zero-order valence-electron chi connectivity index (χ0n) is 17.9. The van der Waals surface area contributed by atoms with Gasteiger partial charge in [-0.1, -0.05) is 24.9 Å². The number of sulfonamides is 1. The highest BCUT2D eigenvalue weighted by atomic mass is 35.5. The number of piperazine rings is 1. The molecule has 1 heterocycles. The Morgan fingerprint density at radius 1 is 1.16 bits per heavy atom. The second kappa shape index (κ2) is 10.3. The molecule has 31 heavy (non-hydrogen) atoms. The summed E-state index contributed by atoms with van der Waals surface area (Å²) >= 11 is 5.90. The van der Waals surface area contributed by atoms with Crippen LogP contribution < -0.4 is 14.9 Å². The molecule has 2 aromatic rings. The van der Waals surface area contributed by atoms with Crippen LogP contribution in [0.3, 0.4) is 0 Å². The van der Waals surface area contributed by atoms with Gasteiger partial charge >= 0.3 is 0 Å². The van der Waals surface area contributed by atoms with E-state index in [0.29, 0.717) is 22.8 Å². The number of nitrogens with one attached hydrogen (secondary N) is 2. The van der Waals surface area contributed by atoms with Crippen molar-refractivity contribution in [3.63, 3.8) is 0 Å². The Bertz CT molecular complexity index is 1010. The summed E-state index contributed by atoms with van der Waals surface area (Å²) in [7, 11) is -2.08. The molecule has 0 bridgehead atoms. The van der Waals surface area contributed by atoms with Crippen LogP contribution in [0.5, 0.6) is 0 Å². The molecule has 1 fully saturated rings. The number of anilines is 2. The average molecular weight is 465 g/mol. The predicted octanol–water partition coefficient (Wildman–Crippen LogP) is 3.42. The van der Waals surface area contributed by atoms with Gasteiger partial charge in [0.2, 0.25) is 0 Å². The summed E-state index contributed by atoms with van der Waals surface area (Å²) in [5.74, 6) is -0.132. The zero-order valence-corrected chi connectivity index (χ0v) is 19.5. The van der Waals surface area contributed by atoms with E-state index in [1.165, 1.54) is 24.3 Å². The minimum atomic E-state index is -3.84. The molecule has 0 spiro atoms. The van der Waals surface area contributed by atoms with Crippen molar-refractivity contribution in [2.75, 3.05) is 49.4 Å². The van der Waals surface area contributed by atoms with Crippen molar-refractivity contribution in [2.45, 2.75) is 24.7 Å². The number of nitrogens with zero attached hydrogens (tertiary/aromatic N) is 2. The molecular formula is C22H29ClN4O3S. The highest BCUT2D eigenvalue weighted by Crippen LogP contribution is 2.30. The fourth-order valence-electron chi connectivity index (χ4n) is 3.47. The van der Waals surface area contributed by atoms with Crippen molar-refractivity contribution in [1.29, 1.82) is 0 Å². The first-order chi connectivity index (χ1) is 14.8. The molecule has 168 valence electrons. The first kappa shape index (κ1) is 23.4. The fraction of sp³-hybridized carbons (Fsp3) is 0.409. The molecule has 2 N–H and O–H groups in total. The molecule has 7 nitrogen and oxygen atoms in total. The lowest BCUT2D eigenvalue weighted by atomic mass is 10.1. The SMILES string of the molecule is CCCCN(C)C(=O)c1ccc(N2CCNCC2)c(NS(=O)(=O)c2ccc(Cl)cc2)c1. The lowest BCUT2D eigenvalue weighted by Gasteiger charge is -2.31. The minimum absolute atomic E-state index is 0.111. The quantitative estimate of drug-likeness (QED) is 0.625. The Morgan fingerprint density at radius 2 is 1.84 bits per heavy atom. The van der Waals surface area contributed by atoms with Crippen LogP contribution in [0.1, 0.15) is 30.1 Å². The van der Waals surface area contributed by atoms with E-state index in [2.05, 4.69) is 21.9 Å². The smallest absolute Gasteiger partial charge is 0.261 e. The van der Waals surface area contributed by atoms with Gasteiger partial charge in [0.25, 0.3) is 15.9 Å². The summed E-state index contributed by atoms with van der Waals surface area (Å²) in [6, 6.07) is 11.2. The molecule has 0 radical (unpaired) electrons. The predicted molar refractivity (Wildman–Crippen MR) is 126 cm³/mol. The van der Waals surface area contributed by atoms with Crippen LogP contribution in [0.25, 0.3) is 0 Å². The van der Waals surface area contributed by atoms with Gasteiger partial charge in [-0.2, -0.15) is 0 Å². The summed E-state index contributed by atoms with van der Waals surface area (Å²) < 4.78 is 28.7. The van der Waals surface area contributed by atoms with E-state index in [0.717, 1.165) is 44.7 Å². The van der Waals surface area contributed by atoms with Crippen molar-refractivity contribution >= 4 is 38.9 Å². The summed E-state index contributed by atoms with van der Waals surface area (Å²) in [5, 5.41) is 3.76. The number of unbranched alkanes of at least 4 members (excludes halogenated alkanes) is 1. The van der Waals surface area contributed by atoms with E-state index >= 15 is 0 Å². The number of benzene rings is 2. The zero-order chi connectivity index (χ0) is 22.4. The first-order valence-corrected chi connectivity index (χ1v) is 12.3. The molecule has 0 unspecified atom stereocenters. The molecule has 0 aliphatic carbocycles. The molecule has 0 atom stereocenters. The summed E-state index contributed by atoms with van der Waals surface area (Å²) in [6.07, 6.45) is 1.91. The van der Waals surface area contributed by atoms with Crippen molar-refractivity contribution in [3.05, 3.63) is 53.1 Å². The van der Waals surface area contributed by atoms with E-state index < -0.39 is 10.0 Å². The molecular weight excluding hydrogens is 436 g/mol. The number of carbonyl (C=O) groups is 1. The van der Waals surface area contributed by atoms with Gasteiger partial charge in [-0.15, -0.1) is 0 Å². The molecule has 1 aliphatic heterocycles. The summed E-state index contributed by atoms with van der Waals surface area (Å²) in [5.41, 5.74) is 1.60. The lowest BCUT2D eigenvalue weighted by Crippen LogP contribution is -2.43. The normalized spacial score (nSPS) is 14.4. The Morgan fingerprint density at radius 3 is 2.48 bits per heavy atom. The van der Waals surface area contributed by atoms with Crippen LogP contribution in [-0.4, -0.2) is 59.0 Å². The van der Waals surface area contributed by atoms with Gasteiger partial charge in [-0.25, -0.2) is 8.42 Å². The molecule has 1 saturated heterocycles. The Balaban J connectivity index is 1.95. The van der Waals surface area contributed by atoms with Crippen LogP contribution in [0.4, 0.5) is 11.4 Å². The fourth-order valence-corrected chi connectivity index (χ4v) is 4.66. The van der Waals surface area contributed by atoms with Gasteiger partial charge in [0, 0.05) is 50.4 Å².